The van der Waals surface area contributed by atoms with Crippen molar-refractivity contribution in [2.75, 3.05) is 66.4 Å². The summed E-state index contributed by atoms with van der Waals surface area (Å²) in [5.41, 5.74) is 32.1. The number of fused-ring (bicyclic) bond motifs is 3. The Labute approximate surface area is 550 Å². The predicted octanol–water partition coefficient (Wildman–Crippen LogP) is 11.5. The minimum absolute atomic E-state index is 0.0883. The van der Waals surface area contributed by atoms with Gasteiger partial charge in [0.25, 0.3) is 0 Å². The maximum absolute atomic E-state index is 13.2. The Kier molecular flexibility index (Phi) is 20.8. The average Bonchev–Trinajstić information content (AvgIpc) is 1.67. The van der Waals surface area contributed by atoms with Crippen LogP contribution in [0.5, 0.6) is 11.5 Å². The summed E-state index contributed by atoms with van der Waals surface area (Å²) in [6, 6.07) is 48.8. The number of aromatic nitrogens is 9. The van der Waals surface area contributed by atoms with Crippen molar-refractivity contribution in [1.29, 1.82) is 0 Å². The maximum atomic E-state index is 13.2. The number of carbonyl (C=O) groups excluding carboxylic acids is 2. The molecule has 0 radical (unpaired) electrons. The van der Waals surface area contributed by atoms with Crippen molar-refractivity contribution < 1.29 is 31.9 Å². The van der Waals surface area contributed by atoms with Gasteiger partial charge in [0.2, 0.25) is 21.8 Å². The third-order valence-corrected chi connectivity index (χ3v) is 17.0. The first-order chi connectivity index (χ1) is 45.7. The fraction of sp³-hybridized carbons (Fsp3) is 0.211. The average molecular weight is 1300 g/mol. The summed E-state index contributed by atoms with van der Waals surface area (Å²) in [4.78, 5) is 40.5. The number of aryl methyl sites for hydroxylation is 4. The number of hydrogen-bond donors (Lipinski definition) is 6. The van der Waals surface area contributed by atoms with Crippen LogP contribution in [0.1, 0.15) is 41.9 Å². The molecule has 12 aromatic rings. The van der Waals surface area contributed by atoms with E-state index < -0.39 is 10.0 Å². The van der Waals surface area contributed by atoms with E-state index in [4.69, 9.17) is 31.7 Å². The van der Waals surface area contributed by atoms with Crippen LogP contribution in [0.25, 0.3) is 66.5 Å². The van der Waals surface area contributed by atoms with Crippen LogP contribution in [-0.2, 0) is 58.8 Å². The second-order valence-electron chi connectivity index (χ2n) is 22.6. The van der Waals surface area contributed by atoms with E-state index in [1.165, 1.54) is 12.1 Å². The molecule has 0 saturated carbocycles. The summed E-state index contributed by atoms with van der Waals surface area (Å²) in [7, 11) is 3.18. The molecule has 0 fully saturated rings. The lowest BCUT2D eigenvalue weighted by Gasteiger charge is -2.17. The van der Waals surface area contributed by atoms with Crippen LogP contribution in [0.3, 0.4) is 0 Å². The first kappa shape index (κ1) is 66.7. The molecule has 488 valence electrons. The van der Waals surface area contributed by atoms with E-state index >= 15 is 0 Å². The van der Waals surface area contributed by atoms with Gasteiger partial charge < -0.3 is 42.2 Å². The van der Waals surface area contributed by atoms with Crippen LogP contribution in [0.2, 0.25) is 0 Å². The Balaban J connectivity index is 0.000000157. The van der Waals surface area contributed by atoms with Gasteiger partial charge in [-0.3, -0.25) is 14.3 Å². The van der Waals surface area contributed by atoms with Crippen molar-refractivity contribution in [3.63, 3.8) is 0 Å². The number of likely N-dealkylation sites (N-methyl/N-ethyl adjacent to an activating group) is 1. The number of anilines is 6. The van der Waals surface area contributed by atoms with Gasteiger partial charge in [-0.05, 0) is 168 Å². The van der Waals surface area contributed by atoms with E-state index in [9.17, 15) is 22.4 Å². The van der Waals surface area contributed by atoms with Gasteiger partial charge in [-0.2, -0.15) is 15.3 Å². The molecule has 9 N–H and O–H groups in total. The van der Waals surface area contributed by atoms with Crippen molar-refractivity contribution in [1.82, 2.24) is 49.2 Å². The Morgan fingerprint density at radius 2 is 1.00 bits per heavy atom. The highest BCUT2D eigenvalue weighted by atomic mass is 32.2. The zero-order valence-electron chi connectivity index (χ0n) is 54.1. The fourth-order valence-electron chi connectivity index (χ4n) is 11.2. The molecule has 6 heterocycles. The number of hydrogen-bond acceptors (Lipinski definition) is 16. The van der Waals surface area contributed by atoms with Gasteiger partial charge in [0, 0.05) is 55.3 Å². The number of pyridine rings is 3. The molecule has 0 aliphatic rings. The SMILES string of the molecule is CCN(CC)CCn1nc(N)c2c(-c3ccc(NS(=O)(=O)Cc4cccc(OC)c4)cc3)cc(C)nc21.COc1cccc(CC(=O)Nc2ccc(-c3cc(C)nc4c3c(N)nn4C)cc2)c1.Cn1nc(N)c2c(-c3ccc(NC(=O)Cc4cccc(F)c4)cc3)ccnc21. The monoisotopic (exact) mass is 1300 g/mol. The first-order valence-electron chi connectivity index (χ1n) is 30.6. The van der Waals surface area contributed by atoms with Gasteiger partial charge in [-0.1, -0.05) is 86.6 Å². The normalized spacial score (nSPS) is 11.3. The lowest BCUT2D eigenvalue weighted by atomic mass is 10.0. The number of ether oxygens (including phenoxy) is 2. The Bertz CT molecular complexity index is 4840. The summed E-state index contributed by atoms with van der Waals surface area (Å²) in [5, 5.41) is 21.3. The molecule has 0 bridgehead atoms. The van der Waals surface area contributed by atoms with E-state index in [0.717, 1.165) is 109 Å². The molecule has 0 spiro atoms. The van der Waals surface area contributed by atoms with Gasteiger partial charge in [0.05, 0.1) is 55.5 Å². The second kappa shape index (κ2) is 29.6. The summed E-state index contributed by atoms with van der Waals surface area (Å²) < 4.78 is 57.0. The minimum Gasteiger partial charge on any atom is -0.497 e. The number of nitrogens with zero attached hydrogens (tertiary/aromatic N) is 10. The molecule has 24 heteroatoms. The summed E-state index contributed by atoms with van der Waals surface area (Å²) in [6.45, 7) is 11.7. The van der Waals surface area contributed by atoms with Gasteiger partial charge in [0.15, 0.2) is 34.4 Å². The van der Waals surface area contributed by atoms with Gasteiger partial charge in [-0.25, -0.2) is 41.8 Å². The van der Waals surface area contributed by atoms with Crippen LogP contribution in [-0.4, -0.2) is 103 Å². The van der Waals surface area contributed by atoms with Gasteiger partial charge in [-0.15, -0.1) is 0 Å². The molecule has 0 unspecified atom stereocenters. The lowest BCUT2D eigenvalue weighted by molar-refractivity contribution is -0.116. The first-order valence-corrected chi connectivity index (χ1v) is 32.3. The highest BCUT2D eigenvalue weighted by Crippen LogP contribution is 2.36. The molecule has 0 atom stereocenters. The van der Waals surface area contributed by atoms with E-state index in [2.05, 4.69) is 59.4 Å². The number of rotatable bonds is 20. The number of benzene rings is 6. The molecule has 6 aromatic carbocycles. The number of halogens is 1. The van der Waals surface area contributed by atoms with Gasteiger partial charge >= 0.3 is 0 Å². The molecule has 0 aliphatic carbocycles. The Morgan fingerprint density at radius 3 is 1.54 bits per heavy atom. The number of methoxy groups -OCH3 is 2. The van der Waals surface area contributed by atoms with Crippen molar-refractivity contribution in [3.8, 4) is 44.9 Å². The summed E-state index contributed by atoms with van der Waals surface area (Å²) >= 11 is 0. The highest BCUT2D eigenvalue weighted by Gasteiger charge is 2.20. The van der Waals surface area contributed by atoms with E-state index in [-0.39, 0.29) is 36.2 Å². The standard InChI is InChI=1S/C27H34N6O3S.C23H23N5O2.C21H18FN5O/c1-5-32(6-2)14-15-33-27-25(26(28)30-33)24(16-19(3)29-27)21-10-12-22(13-11-21)31-37(34,35)18-20-8-7-9-23(17-20)36-4;1-14-11-19(21-22(24)27-28(2)23(21)25-14)16-7-9-17(10-8-16)26-20(29)13-15-5-4-6-18(12-15)30-3;1-27-21-19(20(23)26-27)17(9-10-24-21)14-5-7-16(8-6-14)25-18(28)12-13-3-2-4-15(22)11-13/h7-13,16-17,31H,5-6,14-15,18H2,1-4H3,(H2,28,30);4-12H,13H2,1-3H3,(H2,24,27)(H,26,29);2-11H,12H2,1H3,(H2,23,26)(H,25,28). The largest absolute Gasteiger partial charge is 0.497 e. The Morgan fingerprint density at radius 1 is 0.547 bits per heavy atom. The van der Waals surface area contributed by atoms with Crippen molar-refractivity contribution >= 4 is 89.5 Å². The van der Waals surface area contributed by atoms with Gasteiger partial charge in [0.1, 0.15) is 17.3 Å². The lowest BCUT2D eigenvalue weighted by Crippen LogP contribution is -2.27. The fourth-order valence-corrected chi connectivity index (χ4v) is 12.3. The third-order valence-electron chi connectivity index (χ3n) is 15.8. The zero-order chi connectivity index (χ0) is 67.5. The number of nitrogen functional groups attached to an aromatic ring is 3. The molecule has 6 aromatic heterocycles. The second-order valence-corrected chi connectivity index (χ2v) is 24.3. The van der Waals surface area contributed by atoms with Crippen LogP contribution < -0.4 is 42.0 Å². The van der Waals surface area contributed by atoms with Crippen LogP contribution in [0.4, 0.5) is 38.9 Å². The van der Waals surface area contributed by atoms with E-state index in [1.54, 1.807) is 85.4 Å². The number of nitrogens with one attached hydrogen (secondary N) is 3. The highest BCUT2D eigenvalue weighted by molar-refractivity contribution is 7.91. The number of sulfonamides is 1. The number of nitrogens with two attached hydrogens (primary N) is 3. The van der Waals surface area contributed by atoms with Crippen molar-refractivity contribution in [2.45, 2.75) is 52.8 Å². The van der Waals surface area contributed by atoms with Crippen molar-refractivity contribution in [2.24, 2.45) is 14.1 Å². The maximum Gasteiger partial charge on any atom is 0.236 e. The molecule has 22 nitrogen and oxygen atoms in total. The molecule has 95 heavy (non-hydrogen) atoms. The summed E-state index contributed by atoms with van der Waals surface area (Å²) in [6.07, 6.45) is 2.10. The molecular weight excluding hydrogens is 1220 g/mol. The Hall–Kier alpha value is -11.2. The van der Waals surface area contributed by atoms with Crippen LogP contribution in [0, 0.1) is 19.7 Å². The molecular formula is C71H75FN16O6S. The third kappa shape index (κ3) is 16.3. The number of carbonyl (C=O) groups is 2. The van der Waals surface area contributed by atoms with Crippen molar-refractivity contribution in [3.05, 3.63) is 204 Å². The predicted molar refractivity (Wildman–Crippen MR) is 375 cm³/mol. The molecule has 0 aliphatic heterocycles. The number of amides is 2. The van der Waals surface area contributed by atoms with Crippen LogP contribution in [0.15, 0.2) is 170 Å². The molecule has 2 amide bonds. The van der Waals surface area contributed by atoms with Crippen LogP contribution >= 0.6 is 0 Å². The van der Waals surface area contributed by atoms with E-state index in [1.807, 2.05) is 129 Å². The molecule has 12 rings (SSSR count). The smallest absolute Gasteiger partial charge is 0.236 e. The summed E-state index contributed by atoms with van der Waals surface area (Å²) in [5.74, 6) is 1.85. The minimum atomic E-state index is -3.61. The van der Waals surface area contributed by atoms with E-state index in [0.29, 0.717) is 57.9 Å². The quantitative estimate of drug-likeness (QED) is 0.0413. The topological polar surface area (TPSA) is 296 Å². The zero-order valence-corrected chi connectivity index (χ0v) is 54.9. The molecule has 0 saturated heterocycles.